The molecule has 6 heteroatoms. The molecule has 0 saturated carbocycles. The monoisotopic (exact) mass is 1120 g/mol. The molecule has 71 heavy (non-hydrogen) atoms. The van der Waals surface area contributed by atoms with E-state index >= 15 is 0 Å². The fourth-order valence-electron chi connectivity index (χ4n) is 9.81. The first kappa shape index (κ1) is 51.3. The zero-order chi connectivity index (χ0) is 50.2. The Bertz CT molecular complexity index is 3390. The number of phenols is 1. The predicted octanol–water partition coefficient (Wildman–Crippen LogP) is 18.3. The molecule has 6 aromatic carbocycles. The first-order valence-corrected chi connectivity index (χ1v) is 25.2. The third-order valence-corrected chi connectivity index (χ3v) is 14.0. The van der Waals surface area contributed by atoms with E-state index in [2.05, 4.69) is 230 Å². The Balaban J connectivity index is 0.00000676. The van der Waals surface area contributed by atoms with E-state index in [0.717, 1.165) is 83.7 Å². The minimum absolute atomic E-state index is 0. The fourth-order valence-corrected chi connectivity index (χ4v) is 9.81. The number of furan rings is 1. The molecule has 5 nitrogen and oxygen atoms in total. The summed E-state index contributed by atoms with van der Waals surface area (Å²) in [5.41, 5.74) is 17.5. The van der Waals surface area contributed by atoms with Crippen LogP contribution in [0.25, 0.3) is 83.9 Å². The van der Waals surface area contributed by atoms with Gasteiger partial charge in [-0.3, -0.25) is 9.55 Å². The SMILES string of the molecule is CC(C)c1cc(C(C)C)c(-c2cc3cnc(-c4[c-]c(-c5cccc6c5nc(-c5cc(C(C)(C)C)cc(C(C)(C)C)c5O)n6-c5ccccc5-c5ccccc5)cc(C(C)(C)C)c4)cc3o2)c(C(C)C)c1.[Pt]. The predicted molar refractivity (Wildman–Crippen MR) is 295 cm³/mol. The molecule has 0 aliphatic rings. The van der Waals surface area contributed by atoms with E-state index in [-0.39, 0.29) is 43.1 Å². The van der Waals surface area contributed by atoms with Gasteiger partial charge in [0.15, 0.2) is 0 Å². The quantitative estimate of drug-likeness (QED) is 0.146. The van der Waals surface area contributed by atoms with Crippen LogP contribution in [0, 0.1) is 6.07 Å². The molecular weight excluding hydrogens is 1050 g/mol. The van der Waals surface area contributed by atoms with Crippen LogP contribution >= 0.6 is 0 Å². The van der Waals surface area contributed by atoms with Crippen molar-refractivity contribution in [1.29, 1.82) is 0 Å². The van der Waals surface area contributed by atoms with Gasteiger partial charge in [-0.15, -0.1) is 29.3 Å². The molecule has 0 bridgehead atoms. The van der Waals surface area contributed by atoms with Gasteiger partial charge < -0.3 is 9.52 Å². The van der Waals surface area contributed by atoms with Crippen LogP contribution in [0.3, 0.4) is 0 Å². The summed E-state index contributed by atoms with van der Waals surface area (Å²) in [4.78, 5) is 10.8. The number of hydrogen-bond donors (Lipinski definition) is 1. The summed E-state index contributed by atoms with van der Waals surface area (Å²) in [5.74, 6) is 2.88. The summed E-state index contributed by atoms with van der Waals surface area (Å²) in [7, 11) is 0. The number of phenolic OH excluding ortho intramolecular Hbond substituents is 1. The van der Waals surface area contributed by atoms with Crippen molar-refractivity contribution in [2.75, 3.05) is 0 Å². The van der Waals surface area contributed by atoms with Crippen LogP contribution < -0.4 is 0 Å². The van der Waals surface area contributed by atoms with E-state index < -0.39 is 0 Å². The summed E-state index contributed by atoms with van der Waals surface area (Å²) in [6.07, 6.45) is 1.95. The van der Waals surface area contributed by atoms with Crippen LogP contribution in [0.4, 0.5) is 0 Å². The molecule has 0 aliphatic heterocycles. The second-order valence-corrected chi connectivity index (χ2v) is 23.5. The van der Waals surface area contributed by atoms with Gasteiger partial charge in [0.25, 0.3) is 0 Å². The number of para-hydroxylation sites is 2. The van der Waals surface area contributed by atoms with Gasteiger partial charge in [0.2, 0.25) is 0 Å². The van der Waals surface area contributed by atoms with Crippen molar-refractivity contribution < 1.29 is 30.6 Å². The first-order chi connectivity index (χ1) is 33.0. The standard InChI is InChI=1S/C65H70N3O2.Pt/c1-38(2)42-31-50(39(3)4)59(51(32-42)40(5)6)58-33-45-37-66-54(36-57(45)70-58)44-28-43(29-46(30-44)63(7,8)9)49-25-21-27-56-60(49)67-62(52-34-47(64(10,11)12)35-53(61(52)69)65(13,14)15)68(56)55-26-20-19-24-48(55)41-22-17-16-18-23-41;/h16-27,29-40,69H,1-15H3;/q-1;. The number of aromatic hydroxyl groups is 1. The third kappa shape index (κ3) is 9.84. The first-order valence-electron chi connectivity index (χ1n) is 25.2. The van der Waals surface area contributed by atoms with Gasteiger partial charge in [0.05, 0.1) is 22.3 Å². The summed E-state index contributed by atoms with van der Waals surface area (Å²) in [5, 5.41) is 13.5. The summed E-state index contributed by atoms with van der Waals surface area (Å²) >= 11 is 0. The van der Waals surface area contributed by atoms with E-state index in [1.807, 2.05) is 12.3 Å². The molecule has 1 N–H and O–H groups in total. The van der Waals surface area contributed by atoms with Crippen LogP contribution in [0.5, 0.6) is 5.75 Å². The number of rotatable bonds is 9. The Morgan fingerprint density at radius 2 is 1.20 bits per heavy atom. The van der Waals surface area contributed by atoms with Gasteiger partial charge in [-0.05, 0) is 92.1 Å². The third-order valence-electron chi connectivity index (χ3n) is 14.0. The summed E-state index contributed by atoms with van der Waals surface area (Å²) in [6, 6.07) is 47.1. The second kappa shape index (κ2) is 19.2. The van der Waals surface area contributed by atoms with Crippen LogP contribution in [0.15, 0.2) is 132 Å². The second-order valence-electron chi connectivity index (χ2n) is 23.5. The number of hydrogen-bond acceptors (Lipinski definition) is 4. The molecule has 368 valence electrons. The van der Waals surface area contributed by atoms with E-state index in [0.29, 0.717) is 29.1 Å². The Morgan fingerprint density at radius 1 is 0.592 bits per heavy atom. The molecule has 0 amide bonds. The van der Waals surface area contributed by atoms with Gasteiger partial charge in [-0.2, -0.15) is 0 Å². The van der Waals surface area contributed by atoms with Crippen molar-refractivity contribution in [2.24, 2.45) is 0 Å². The van der Waals surface area contributed by atoms with E-state index in [9.17, 15) is 5.11 Å². The largest absolute Gasteiger partial charge is 0.507 e. The summed E-state index contributed by atoms with van der Waals surface area (Å²) < 4.78 is 9.14. The molecule has 3 heterocycles. The number of pyridine rings is 1. The molecule has 0 spiro atoms. The van der Waals surface area contributed by atoms with Gasteiger partial charge in [-0.25, -0.2) is 4.98 Å². The molecule has 3 aromatic heterocycles. The van der Waals surface area contributed by atoms with E-state index in [4.69, 9.17) is 14.4 Å². The van der Waals surface area contributed by atoms with Crippen molar-refractivity contribution in [2.45, 2.75) is 138 Å². The van der Waals surface area contributed by atoms with Crippen LogP contribution in [0.1, 0.15) is 155 Å². The Labute approximate surface area is 437 Å². The average molecular weight is 1120 g/mol. The topological polar surface area (TPSA) is 64.1 Å². The molecule has 0 aliphatic carbocycles. The molecule has 0 atom stereocenters. The molecular formula is C65H70N3O2Pt-. The number of aromatic nitrogens is 3. The number of benzene rings is 6. The maximum absolute atomic E-state index is 12.5. The van der Waals surface area contributed by atoms with Crippen LogP contribution in [-0.2, 0) is 37.3 Å². The Morgan fingerprint density at radius 3 is 1.82 bits per heavy atom. The maximum atomic E-state index is 12.5. The van der Waals surface area contributed by atoms with Gasteiger partial charge in [0.1, 0.15) is 22.9 Å². The fraction of sp³-hybridized carbons (Fsp3) is 0.323. The molecule has 0 unspecified atom stereocenters. The maximum Gasteiger partial charge on any atom is 0.148 e. The zero-order valence-corrected chi connectivity index (χ0v) is 46.6. The van der Waals surface area contributed by atoms with E-state index in [1.54, 1.807) is 0 Å². The smallest absolute Gasteiger partial charge is 0.148 e. The molecule has 0 radical (unpaired) electrons. The molecule has 0 saturated heterocycles. The number of imidazole rings is 1. The minimum Gasteiger partial charge on any atom is -0.507 e. The van der Waals surface area contributed by atoms with Crippen molar-refractivity contribution in [3.63, 3.8) is 0 Å². The minimum atomic E-state index is -0.329. The molecule has 9 aromatic rings. The number of fused-ring (bicyclic) bond motifs is 2. The zero-order valence-electron chi connectivity index (χ0n) is 44.4. The molecule has 9 rings (SSSR count). The van der Waals surface area contributed by atoms with Crippen molar-refractivity contribution in [3.8, 4) is 67.7 Å². The normalized spacial score (nSPS) is 12.5. The summed E-state index contributed by atoms with van der Waals surface area (Å²) in [6.45, 7) is 33.6. The Hall–Kier alpha value is -6.03. The number of nitrogens with zero attached hydrogens (tertiary/aromatic N) is 3. The van der Waals surface area contributed by atoms with Crippen molar-refractivity contribution in [3.05, 3.63) is 167 Å². The van der Waals surface area contributed by atoms with Gasteiger partial charge in [0, 0.05) is 55.0 Å². The van der Waals surface area contributed by atoms with E-state index in [1.165, 1.54) is 22.3 Å². The van der Waals surface area contributed by atoms with Gasteiger partial charge >= 0.3 is 0 Å². The van der Waals surface area contributed by atoms with Crippen LogP contribution in [0.2, 0.25) is 0 Å². The molecule has 0 fully saturated rings. The van der Waals surface area contributed by atoms with Crippen molar-refractivity contribution in [1.82, 2.24) is 14.5 Å². The van der Waals surface area contributed by atoms with Crippen LogP contribution in [-0.4, -0.2) is 19.6 Å². The Kier molecular flexibility index (Phi) is 13.9. The van der Waals surface area contributed by atoms with Gasteiger partial charge in [-0.1, -0.05) is 194 Å². The van der Waals surface area contributed by atoms with Crippen molar-refractivity contribution >= 4 is 22.0 Å². The average Bonchev–Trinajstić information content (AvgIpc) is 3.92.